The van der Waals surface area contributed by atoms with Gasteiger partial charge in [0.05, 0.1) is 0 Å². The number of alkyl halides is 1. The van der Waals surface area contributed by atoms with Crippen molar-refractivity contribution in [2.24, 2.45) is 0 Å². The van der Waals surface area contributed by atoms with E-state index in [1.54, 1.807) is 0 Å². The summed E-state index contributed by atoms with van der Waals surface area (Å²) in [6, 6.07) is 5.64. The molecule has 0 aliphatic heterocycles. The van der Waals surface area contributed by atoms with Crippen molar-refractivity contribution in [3.8, 4) is 0 Å². The smallest absolute Gasteiger partial charge is 0.374 e. The SMILES string of the molecule is O=C(O)C(=O)C(Cl)C(=O)c1ccc(Cl)cc1. The second-order valence-electron chi connectivity index (χ2n) is 2.90. The molecule has 0 bridgehead atoms. The minimum absolute atomic E-state index is 0.138. The number of carboxylic acids is 1. The molecule has 0 saturated heterocycles. The summed E-state index contributed by atoms with van der Waals surface area (Å²) < 4.78 is 0. The average Bonchev–Trinajstić information content (AvgIpc) is 2.27. The van der Waals surface area contributed by atoms with Crippen molar-refractivity contribution >= 4 is 40.7 Å². The lowest BCUT2D eigenvalue weighted by Crippen LogP contribution is -2.30. The molecule has 1 rings (SSSR count). The molecule has 0 spiro atoms. The van der Waals surface area contributed by atoms with E-state index in [1.807, 2.05) is 0 Å². The molecule has 16 heavy (non-hydrogen) atoms. The summed E-state index contributed by atoms with van der Waals surface area (Å²) in [7, 11) is 0. The first-order chi connectivity index (χ1) is 7.43. The Morgan fingerprint density at radius 3 is 2.06 bits per heavy atom. The van der Waals surface area contributed by atoms with Crippen molar-refractivity contribution in [3.05, 3.63) is 34.9 Å². The summed E-state index contributed by atoms with van der Waals surface area (Å²) >= 11 is 11.0. The molecule has 0 radical (unpaired) electrons. The third kappa shape index (κ3) is 2.81. The van der Waals surface area contributed by atoms with Crippen LogP contribution in [0, 0.1) is 0 Å². The van der Waals surface area contributed by atoms with E-state index in [9.17, 15) is 14.4 Å². The Labute approximate surface area is 101 Å². The maximum Gasteiger partial charge on any atom is 0.374 e. The predicted molar refractivity (Wildman–Crippen MR) is 58.1 cm³/mol. The number of ketones is 2. The largest absolute Gasteiger partial charge is 0.475 e. The number of carboxylic acid groups (broad SMARTS) is 1. The van der Waals surface area contributed by atoms with E-state index < -0.39 is 22.9 Å². The van der Waals surface area contributed by atoms with Crippen molar-refractivity contribution in [1.82, 2.24) is 0 Å². The van der Waals surface area contributed by atoms with Crippen molar-refractivity contribution in [3.63, 3.8) is 0 Å². The molecule has 1 N–H and O–H groups in total. The molecule has 0 amide bonds. The standard InChI is InChI=1S/C10H6Cl2O4/c11-6-3-1-5(2-4-6)8(13)7(12)9(14)10(15)16/h1-4,7H,(H,15,16). The monoisotopic (exact) mass is 260 g/mol. The maximum atomic E-state index is 11.5. The quantitative estimate of drug-likeness (QED) is 0.388. The molecule has 1 aromatic rings. The molecule has 0 aromatic heterocycles. The molecule has 0 heterocycles. The first kappa shape index (κ1) is 12.7. The van der Waals surface area contributed by atoms with Gasteiger partial charge >= 0.3 is 5.97 Å². The number of carbonyl (C=O) groups is 3. The Kier molecular flexibility index (Phi) is 4.04. The van der Waals surface area contributed by atoms with Crippen LogP contribution in [0.2, 0.25) is 5.02 Å². The van der Waals surface area contributed by atoms with E-state index >= 15 is 0 Å². The summed E-state index contributed by atoms with van der Waals surface area (Å²) in [4.78, 5) is 32.8. The van der Waals surface area contributed by atoms with Crippen LogP contribution >= 0.6 is 23.2 Å². The van der Waals surface area contributed by atoms with E-state index in [0.717, 1.165) is 0 Å². The van der Waals surface area contributed by atoms with Crippen molar-refractivity contribution < 1.29 is 19.5 Å². The van der Waals surface area contributed by atoms with Gasteiger partial charge in [-0.3, -0.25) is 9.59 Å². The number of Topliss-reactive ketones (excluding diaryl/α,β-unsaturated/α-hetero) is 2. The first-order valence-electron chi connectivity index (χ1n) is 4.14. The van der Waals surface area contributed by atoms with Gasteiger partial charge in [0.1, 0.15) is 0 Å². The highest BCUT2D eigenvalue weighted by Gasteiger charge is 2.29. The van der Waals surface area contributed by atoms with Gasteiger partial charge in [-0.25, -0.2) is 4.79 Å². The van der Waals surface area contributed by atoms with Gasteiger partial charge in [0, 0.05) is 10.6 Å². The predicted octanol–water partition coefficient (Wildman–Crippen LogP) is 1.78. The van der Waals surface area contributed by atoms with Crippen LogP contribution in [0.25, 0.3) is 0 Å². The molecule has 1 aromatic carbocycles. The number of hydrogen-bond donors (Lipinski definition) is 1. The fourth-order valence-electron chi connectivity index (χ4n) is 0.988. The lowest BCUT2D eigenvalue weighted by molar-refractivity contribution is -0.148. The van der Waals surface area contributed by atoms with Crippen LogP contribution < -0.4 is 0 Å². The zero-order valence-corrected chi connectivity index (χ0v) is 9.33. The van der Waals surface area contributed by atoms with E-state index in [2.05, 4.69) is 0 Å². The Morgan fingerprint density at radius 1 is 1.12 bits per heavy atom. The zero-order valence-electron chi connectivity index (χ0n) is 7.81. The second-order valence-corrected chi connectivity index (χ2v) is 3.78. The topological polar surface area (TPSA) is 71.4 Å². The van der Waals surface area contributed by atoms with Crippen molar-refractivity contribution in [1.29, 1.82) is 0 Å². The average molecular weight is 261 g/mol. The highest BCUT2D eigenvalue weighted by Crippen LogP contribution is 2.13. The Morgan fingerprint density at radius 2 is 1.62 bits per heavy atom. The van der Waals surface area contributed by atoms with Crippen LogP contribution in [0.4, 0.5) is 0 Å². The van der Waals surface area contributed by atoms with Gasteiger partial charge in [0.15, 0.2) is 11.2 Å². The minimum Gasteiger partial charge on any atom is -0.475 e. The fourth-order valence-corrected chi connectivity index (χ4v) is 1.33. The van der Waals surface area contributed by atoms with Crippen LogP contribution in [-0.4, -0.2) is 28.0 Å². The molecule has 1 unspecified atom stereocenters. The molecular weight excluding hydrogens is 255 g/mol. The Hall–Kier alpha value is -1.39. The third-order valence-electron chi connectivity index (χ3n) is 1.80. The van der Waals surface area contributed by atoms with E-state index in [4.69, 9.17) is 28.3 Å². The highest BCUT2D eigenvalue weighted by molar-refractivity contribution is 6.55. The van der Waals surface area contributed by atoms with E-state index in [1.165, 1.54) is 24.3 Å². The van der Waals surface area contributed by atoms with Gasteiger partial charge in [0.25, 0.3) is 5.78 Å². The summed E-state index contributed by atoms with van der Waals surface area (Å²) in [5.41, 5.74) is 0.138. The van der Waals surface area contributed by atoms with Gasteiger partial charge in [0.2, 0.25) is 0 Å². The highest BCUT2D eigenvalue weighted by atomic mass is 35.5. The summed E-state index contributed by atoms with van der Waals surface area (Å²) in [6.45, 7) is 0. The second kappa shape index (κ2) is 5.09. The number of carbonyl (C=O) groups excluding carboxylic acids is 2. The minimum atomic E-state index is -1.73. The Balaban J connectivity index is 2.90. The van der Waals surface area contributed by atoms with Crippen LogP contribution in [0.1, 0.15) is 10.4 Å². The first-order valence-corrected chi connectivity index (χ1v) is 4.96. The van der Waals surface area contributed by atoms with E-state index in [0.29, 0.717) is 5.02 Å². The third-order valence-corrected chi connectivity index (χ3v) is 2.45. The van der Waals surface area contributed by atoms with Crippen molar-refractivity contribution in [2.45, 2.75) is 5.38 Å². The van der Waals surface area contributed by atoms with Gasteiger partial charge in [-0.1, -0.05) is 11.6 Å². The van der Waals surface area contributed by atoms with Crippen LogP contribution in [0.5, 0.6) is 0 Å². The molecule has 0 fully saturated rings. The molecule has 0 aliphatic rings. The van der Waals surface area contributed by atoms with E-state index in [-0.39, 0.29) is 5.56 Å². The zero-order chi connectivity index (χ0) is 12.3. The molecular formula is C10H6Cl2O4. The summed E-state index contributed by atoms with van der Waals surface area (Å²) in [5.74, 6) is -3.84. The molecule has 84 valence electrons. The molecule has 0 saturated carbocycles. The van der Waals surface area contributed by atoms with Gasteiger partial charge in [-0.05, 0) is 24.3 Å². The number of benzene rings is 1. The van der Waals surface area contributed by atoms with Gasteiger partial charge in [-0.2, -0.15) is 0 Å². The number of hydrogen-bond acceptors (Lipinski definition) is 3. The van der Waals surface area contributed by atoms with Crippen LogP contribution in [0.3, 0.4) is 0 Å². The van der Waals surface area contributed by atoms with Crippen molar-refractivity contribution in [2.75, 3.05) is 0 Å². The summed E-state index contributed by atoms with van der Waals surface area (Å²) in [5, 5.41) is 7.10. The molecule has 1 atom stereocenters. The maximum absolute atomic E-state index is 11.5. The normalized spacial score (nSPS) is 11.9. The number of halogens is 2. The molecule has 6 heteroatoms. The molecule has 0 aliphatic carbocycles. The van der Waals surface area contributed by atoms with Gasteiger partial charge in [-0.15, -0.1) is 11.6 Å². The number of aliphatic carboxylic acids is 1. The number of rotatable bonds is 4. The molecule has 4 nitrogen and oxygen atoms in total. The van der Waals surface area contributed by atoms with Crippen LogP contribution in [-0.2, 0) is 9.59 Å². The van der Waals surface area contributed by atoms with Crippen LogP contribution in [0.15, 0.2) is 24.3 Å². The summed E-state index contributed by atoms with van der Waals surface area (Å²) in [6.07, 6.45) is 0. The lowest BCUT2D eigenvalue weighted by Gasteiger charge is -2.04. The Bertz CT molecular complexity index is 439. The fraction of sp³-hybridized carbons (Fsp3) is 0.100. The lowest BCUT2D eigenvalue weighted by atomic mass is 10.1. The van der Waals surface area contributed by atoms with Gasteiger partial charge < -0.3 is 5.11 Å².